The number of hydrogen-bond acceptors (Lipinski definition) is 2. The van der Waals surface area contributed by atoms with Gasteiger partial charge < -0.3 is 5.11 Å². The molecule has 0 amide bonds. The number of aliphatic hydroxyl groups excluding tert-OH is 1. The van der Waals surface area contributed by atoms with E-state index in [0.29, 0.717) is 5.92 Å². The first-order valence-electron chi connectivity index (χ1n) is 4.62. The minimum absolute atomic E-state index is 0.0694. The molecular weight excluding hydrogens is 156 g/mol. The fourth-order valence-corrected chi connectivity index (χ4v) is 5.11. The molecule has 62 valence electrons. The molecule has 0 unspecified atom stereocenters. The van der Waals surface area contributed by atoms with Gasteiger partial charge >= 0.3 is 0 Å². The van der Waals surface area contributed by atoms with Crippen LogP contribution < -0.4 is 0 Å². The highest BCUT2D eigenvalue weighted by Gasteiger charge is 2.53. The van der Waals surface area contributed by atoms with Crippen molar-refractivity contribution in [2.75, 3.05) is 11.5 Å². The van der Waals surface area contributed by atoms with Gasteiger partial charge in [0.15, 0.2) is 0 Å². The van der Waals surface area contributed by atoms with Crippen LogP contribution >= 0.6 is 11.8 Å². The van der Waals surface area contributed by atoms with Crippen molar-refractivity contribution < 1.29 is 5.11 Å². The number of rotatable bonds is 0. The van der Waals surface area contributed by atoms with E-state index in [1.54, 1.807) is 0 Å². The maximum absolute atomic E-state index is 9.66. The second-order valence-corrected chi connectivity index (χ2v) is 5.40. The Labute approximate surface area is 71.6 Å². The van der Waals surface area contributed by atoms with E-state index >= 15 is 0 Å². The van der Waals surface area contributed by atoms with Crippen LogP contribution in [-0.4, -0.2) is 22.7 Å². The number of fused-ring (bicyclic) bond motifs is 5. The van der Waals surface area contributed by atoms with Gasteiger partial charge in [-0.2, -0.15) is 11.8 Å². The Kier molecular flexibility index (Phi) is 1.34. The van der Waals surface area contributed by atoms with Crippen molar-refractivity contribution >= 4 is 11.8 Å². The van der Waals surface area contributed by atoms with Crippen LogP contribution in [0.2, 0.25) is 0 Å². The first kappa shape index (κ1) is 6.79. The van der Waals surface area contributed by atoms with Crippen molar-refractivity contribution in [2.45, 2.75) is 18.9 Å². The number of thioether (sulfide) groups is 1. The van der Waals surface area contributed by atoms with Crippen molar-refractivity contribution in [1.82, 2.24) is 0 Å². The zero-order valence-electron chi connectivity index (χ0n) is 6.57. The summed E-state index contributed by atoms with van der Waals surface area (Å²) in [6, 6.07) is 0. The summed E-state index contributed by atoms with van der Waals surface area (Å²) in [7, 11) is 0. The average Bonchev–Trinajstić information content (AvgIpc) is 2.52. The Bertz CT molecular complexity index is 182. The van der Waals surface area contributed by atoms with Gasteiger partial charge in [0.2, 0.25) is 0 Å². The van der Waals surface area contributed by atoms with Gasteiger partial charge in [0.05, 0.1) is 6.10 Å². The van der Waals surface area contributed by atoms with Crippen molar-refractivity contribution in [3.8, 4) is 0 Å². The normalized spacial score (nSPS) is 60.3. The third-order valence-electron chi connectivity index (χ3n) is 3.94. The molecule has 2 aliphatic carbocycles. The summed E-state index contributed by atoms with van der Waals surface area (Å²) in [6.07, 6.45) is 2.53. The van der Waals surface area contributed by atoms with Gasteiger partial charge in [-0.1, -0.05) is 0 Å². The van der Waals surface area contributed by atoms with E-state index in [9.17, 15) is 5.11 Å². The first-order chi connectivity index (χ1) is 5.36. The third kappa shape index (κ3) is 0.775. The second kappa shape index (κ2) is 2.17. The van der Waals surface area contributed by atoms with E-state index < -0.39 is 0 Å². The third-order valence-corrected chi connectivity index (χ3v) is 5.18. The highest BCUT2D eigenvalue weighted by Crippen LogP contribution is 2.57. The Morgan fingerprint density at radius 1 is 1.00 bits per heavy atom. The lowest BCUT2D eigenvalue weighted by atomic mass is 9.80. The van der Waals surface area contributed by atoms with Crippen LogP contribution in [-0.2, 0) is 0 Å². The lowest BCUT2D eigenvalue weighted by molar-refractivity contribution is 0.0704. The molecule has 3 aliphatic rings. The van der Waals surface area contributed by atoms with Gasteiger partial charge in [-0.05, 0) is 48.0 Å². The molecule has 0 aromatic heterocycles. The van der Waals surface area contributed by atoms with E-state index in [2.05, 4.69) is 11.8 Å². The van der Waals surface area contributed by atoms with E-state index in [1.165, 1.54) is 17.9 Å². The molecule has 0 aromatic carbocycles. The lowest BCUT2D eigenvalue weighted by Crippen LogP contribution is -2.29. The fourth-order valence-electron chi connectivity index (χ4n) is 3.41. The molecule has 11 heavy (non-hydrogen) atoms. The summed E-state index contributed by atoms with van der Waals surface area (Å²) in [6.45, 7) is 0. The molecule has 3 fully saturated rings. The Morgan fingerprint density at radius 2 is 1.82 bits per heavy atom. The zero-order valence-corrected chi connectivity index (χ0v) is 7.39. The largest absolute Gasteiger partial charge is 0.393 e. The van der Waals surface area contributed by atoms with E-state index in [1.807, 2.05) is 0 Å². The standard InChI is InChI=1S/C9H14OS/c10-9-2-5-1-6(9)8-4-11-3-7(5)8/h5-10H,1-4H2/t5-,6+,7+,8-,9+/m1/s1. The van der Waals surface area contributed by atoms with Gasteiger partial charge in [0.1, 0.15) is 0 Å². The summed E-state index contributed by atoms with van der Waals surface area (Å²) >= 11 is 2.10. The Morgan fingerprint density at radius 3 is 2.73 bits per heavy atom. The highest BCUT2D eigenvalue weighted by atomic mass is 32.2. The highest BCUT2D eigenvalue weighted by molar-refractivity contribution is 7.99. The molecule has 1 N–H and O–H groups in total. The molecule has 1 aliphatic heterocycles. The van der Waals surface area contributed by atoms with E-state index in [0.717, 1.165) is 24.2 Å². The lowest BCUT2D eigenvalue weighted by Gasteiger charge is -2.27. The molecule has 2 heteroatoms. The quantitative estimate of drug-likeness (QED) is 0.592. The van der Waals surface area contributed by atoms with Gasteiger partial charge in [-0.15, -0.1) is 0 Å². The molecule has 0 aromatic rings. The molecule has 3 rings (SSSR count). The van der Waals surface area contributed by atoms with Crippen molar-refractivity contribution in [3.05, 3.63) is 0 Å². The second-order valence-electron chi connectivity index (χ2n) is 4.33. The summed E-state index contributed by atoms with van der Waals surface area (Å²) in [5.74, 6) is 6.21. The topological polar surface area (TPSA) is 20.2 Å². The average molecular weight is 170 g/mol. The summed E-state index contributed by atoms with van der Waals surface area (Å²) in [5, 5.41) is 9.66. The van der Waals surface area contributed by atoms with Crippen LogP contribution in [0.4, 0.5) is 0 Å². The predicted octanol–water partition coefficient (Wildman–Crippen LogP) is 1.37. The maximum atomic E-state index is 9.66. The molecule has 2 bridgehead atoms. The van der Waals surface area contributed by atoms with Crippen LogP contribution in [0, 0.1) is 23.7 Å². The smallest absolute Gasteiger partial charge is 0.0574 e. The molecule has 0 radical (unpaired) electrons. The number of aliphatic hydroxyl groups is 1. The van der Waals surface area contributed by atoms with E-state index in [-0.39, 0.29) is 6.10 Å². The molecule has 5 atom stereocenters. The summed E-state index contributed by atoms with van der Waals surface area (Å²) < 4.78 is 0. The van der Waals surface area contributed by atoms with Crippen LogP contribution in [0.15, 0.2) is 0 Å². The van der Waals surface area contributed by atoms with Crippen LogP contribution in [0.1, 0.15) is 12.8 Å². The van der Waals surface area contributed by atoms with Crippen molar-refractivity contribution in [1.29, 1.82) is 0 Å². The molecule has 1 nitrogen and oxygen atoms in total. The van der Waals surface area contributed by atoms with Crippen LogP contribution in [0.3, 0.4) is 0 Å². The van der Waals surface area contributed by atoms with Crippen LogP contribution in [0.25, 0.3) is 0 Å². The van der Waals surface area contributed by atoms with Gasteiger partial charge in [0, 0.05) is 0 Å². The molecule has 1 saturated heterocycles. The van der Waals surface area contributed by atoms with Gasteiger partial charge in [0.25, 0.3) is 0 Å². The van der Waals surface area contributed by atoms with Crippen molar-refractivity contribution in [3.63, 3.8) is 0 Å². The Hall–Kier alpha value is 0.310. The summed E-state index contributed by atoms with van der Waals surface area (Å²) in [4.78, 5) is 0. The SMILES string of the molecule is O[C@H]1C[C@H]2C[C@H]1[C@H]1CSC[C@@H]21. The monoisotopic (exact) mass is 170 g/mol. The molecular formula is C9H14OS. The molecule has 1 heterocycles. The van der Waals surface area contributed by atoms with Gasteiger partial charge in [-0.3, -0.25) is 0 Å². The van der Waals surface area contributed by atoms with Gasteiger partial charge in [-0.25, -0.2) is 0 Å². The van der Waals surface area contributed by atoms with Crippen molar-refractivity contribution in [2.24, 2.45) is 23.7 Å². The fraction of sp³-hybridized carbons (Fsp3) is 1.00. The molecule has 2 saturated carbocycles. The summed E-state index contributed by atoms with van der Waals surface area (Å²) in [5.41, 5.74) is 0. The number of hydrogen-bond donors (Lipinski definition) is 1. The minimum atomic E-state index is 0.0694. The zero-order chi connectivity index (χ0) is 7.42. The maximum Gasteiger partial charge on any atom is 0.0574 e. The first-order valence-corrected chi connectivity index (χ1v) is 5.77. The molecule has 0 spiro atoms. The minimum Gasteiger partial charge on any atom is -0.393 e. The Balaban J connectivity index is 1.90. The predicted molar refractivity (Wildman–Crippen MR) is 46.5 cm³/mol. The van der Waals surface area contributed by atoms with E-state index in [4.69, 9.17) is 0 Å². The van der Waals surface area contributed by atoms with Crippen LogP contribution in [0.5, 0.6) is 0 Å².